The number of hydrogen-bond donors (Lipinski definition) is 4. The molecular formula is C12H18N2O4. The van der Waals surface area contributed by atoms with Crippen molar-refractivity contribution >= 4 is 11.6 Å². The lowest BCUT2D eigenvalue weighted by Crippen LogP contribution is -2.38. The summed E-state index contributed by atoms with van der Waals surface area (Å²) >= 11 is 0. The van der Waals surface area contributed by atoms with Crippen molar-refractivity contribution in [2.75, 3.05) is 26.1 Å². The number of nitrogens with one attached hydrogen (secondary N) is 1. The highest BCUT2D eigenvalue weighted by Gasteiger charge is 2.15. The van der Waals surface area contributed by atoms with Crippen LogP contribution >= 0.6 is 0 Å². The summed E-state index contributed by atoms with van der Waals surface area (Å²) in [7, 11) is 1.55. The number of aliphatic hydroxyl groups is 1. The van der Waals surface area contributed by atoms with Crippen LogP contribution in [0.1, 0.15) is 16.8 Å². The summed E-state index contributed by atoms with van der Waals surface area (Å²) in [5.74, 6) is -0.467. The number of hydrogen-bond acceptors (Lipinski definition) is 5. The minimum atomic E-state index is -0.432. The summed E-state index contributed by atoms with van der Waals surface area (Å²) < 4.78 is 4.88. The molecule has 18 heavy (non-hydrogen) atoms. The van der Waals surface area contributed by atoms with E-state index in [4.69, 9.17) is 15.6 Å². The van der Waals surface area contributed by atoms with Crippen molar-refractivity contribution in [3.63, 3.8) is 0 Å². The van der Waals surface area contributed by atoms with Gasteiger partial charge in [-0.05, 0) is 24.6 Å². The average Bonchev–Trinajstić information content (AvgIpc) is 2.37. The molecule has 1 amide bonds. The fraction of sp³-hybridized carbons (Fsp3) is 0.417. The number of benzene rings is 1. The summed E-state index contributed by atoms with van der Waals surface area (Å²) in [6.45, 7) is 0.245. The van der Waals surface area contributed by atoms with E-state index < -0.39 is 11.9 Å². The first-order valence-electron chi connectivity index (χ1n) is 5.57. The predicted molar refractivity (Wildman–Crippen MR) is 67.4 cm³/mol. The second-order valence-electron chi connectivity index (χ2n) is 3.91. The smallest absolute Gasteiger partial charge is 0.253 e. The molecule has 0 heterocycles. The third-order valence-electron chi connectivity index (χ3n) is 2.51. The Balaban J connectivity index is 2.71. The molecule has 0 aliphatic heterocycles. The number of methoxy groups -OCH3 is 1. The number of carbonyl (C=O) groups is 1. The lowest BCUT2D eigenvalue weighted by molar-refractivity contribution is 0.0895. The van der Waals surface area contributed by atoms with E-state index in [1.807, 2.05) is 0 Å². The van der Waals surface area contributed by atoms with Crippen LogP contribution in [0.15, 0.2) is 18.2 Å². The van der Waals surface area contributed by atoms with Gasteiger partial charge in [-0.25, -0.2) is 0 Å². The average molecular weight is 254 g/mol. The van der Waals surface area contributed by atoms with Crippen molar-refractivity contribution < 1.29 is 19.7 Å². The van der Waals surface area contributed by atoms with Crippen molar-refractivity contribution in [2.45, 2.75) is 12.5 Å². The van der Waals surface area contributed by atoms with Crippen molar-refractivity contribution in [1.82, 2.24) is 5.32 Å². The minimum absolute atomic E-state index is 0.0354. The Bertz CT molecular complexity index is 409. The topological polar surface area (TPSA) is 105 Å². The molecule has 1 rings (SSSR count). The number of nitrogens with two attached hydrogens (primary N) is 1. The van der Waals surface area contributed by atoms with Crippen LogP contribution in [0, 0.1) is 0 Å². The molecule has 5 N–H and O–H groups in total. The molecule has 0 aliphatic rings. The Morgan fingerprint density at radius 1 is 1.56 bits per heavy atom. The molecular weight excluding hydrogens is 236 g/mol. The van der Waals surface area contributed by atoms with Crippen LogP contribution in [0.3, 0.4) is 0 Å². The highest BCUT2D eigenvalue weighted by Crippen LogP contribution is 2.18. The SMILES string of the molecule is COCCC(CO)NC(=O)c1cc(O)ccc1N. The van der Waals surface area contributed by atoms with Gasteiger partial charge in [0.1, 0.15) is 5.75 Å². The number of anilines is 1. The van der Waals surface area contributed by atoms with Gasteiger partial charge in [0.2, 0.25) is 0 Å². The third kappa shape index (κ3) is 3.90. The van der Waals surface area contributed by atoms with Crippen LogP contribution < -0.4 is 11.1 Å². The first-order chi connectivity index (χ1) is 8.58. The summed E-state index contributed by atoms with van der Waals surface area (Å²) in [4.78, 5) is 11.9. The highest BCUT2D eigenvalue weighted by molar-refractivity contribution is 5.99. The number of phenols is 1. The zero-order chi connectivity index (χ0) is 13.5. The van der Waals surface area contributed by atoms with Gasteiger partial charge in [0, 0.05) is 19.4 Å². The first-order valence-corrected chi connectivity index (χ1v) is 5.57. The molecule has 6 heteroatoms. The molecule has 0 bridgehead atoms. The van der Waals surface area contributed by atoms with Crippen molar-refractivity contribution in [2.24, 2.45) is 0 Å². The van der Waals surface area contributed by atoms with E-state index >= 15 is 0 Å². The minimum Gasteiger partial charge on any atom is -0.508 e. The molecule has 0 saturated heterocycles. The zero-order valence-corrected chi connectivity index (χ0v) is 10.2. The number of rotatable bonds is 6. The fourth-order valence-corrected chi connectivity index (χ4v) is 1.47. The van der Waals surface area contributed by atoms with Gasteiger partial charge in [0.25, 0.3) is 5.91 Å². The molecule has 6 nitrogen and oxygen atoms in total. The van der Waals surface area contributed by atoms with Crippen molar-refractivity contribution in [3.05, 3.63) is 23.8 Å². The maximum absolute atomic E-state index is 11.9. The standard InChI is InChI=1S/C12H18N2O4/c1-18-5-4-8(7-15)14-12(17)10-6-9(16)2-3-11(10)13/h2-3,6,8,15-16H,4-5,7,13H2,1H3,(H,14,17). The van der Waals surface area contributed by atoms with Gasteiger partial charge in [-0.1, -0.05) is 0 Å². The van der Waals surface area contributed by atoms with Crippen LogP contribution in [0.4, 0.5) is 5.69 Å². The molecule has 1 atom stereocenters. The van der Waals surface area contributed by atoms with Crippen molar-refractivity contribution in [1.29, 1.82) is 0 Å². The quantitative estimate of drug-likeness (QED) is 0.426. The number of nitrogen functional groups attached to an aromatic ring is 1. The highest BCUT2D eigenvalue weighted by atomic mass is 16.5. The second-order valence-corrected chi connectivity index (χ2v) is 3.91. The predicted octanol–water partition coefficient (Wildman–Crippen LogP) is 0.102. The van der Waals surface area contributed by atoms with Crippen LogP contribution in [-0.4, -0.2) is 42.5 Å². The van der Waals surface area contributed by atoms with Gasteiger partial charge in [0.05, 0.1) is 18.2 Å². The van der Waals surface area contributed by atoms with Crippen LogP contribution in [0.2, 0.25) is 0 Å². The number of carbonyl (C=O) groups excluding carboxylic acids is 1. The van der Waals surface area contributed by atoms with Gasteiger partial charge in [0.15, 0.2) is 0 Å². The monoisotopic (exact) mass is 254 g/mol. The van der Waals surface area contributed by atoms with E-state index in [9.17, 15) is 9.90 Å². The number of ether oxygens (including phenoxy) is 1. The third-order valence-corrected chi connectivity index (χ3v) is 2.51. The number of aliphatic hydroxyl groups excluding tert-OH is 1. The zero-order valence-electron chi connectivity index (χ0n) is 10.2. The Morgan fingerprint density at radius 2 is 2.28 bits per heavy atom. The molecule has 100 valence electrons. The summed E-state index contributed by atoms with van der Waals surface area (Å²) in [5, 5.41) is 21.1. The number of amides is 1. The van der Waals surface area contributed by atoms with E-state index in [2.05, 4.69) is 5.32 Å². The van der Waals surface area contributed by atoms with Crippen LogP contribution in [-0.2, 0) is 4.74 Å². The second kappa shape index (κ2) is 6.83. The fourth-order valence-electron chi connectivity index (χ4n) is 1.47. The number of aromatic hydroxyl groups is 1. The maximum Gasteiger partial charge on any atom is 0.253 e. The van der Waals surface area contributed by atoms with Gasteiger partial charge in [-0.15, -0.1) is 0 Å². The molecule has 0 spiro atoms. The Hall–Kier alpha value is -1.79. The molecule has 0 saturated carbocycles. The Kier molecular flexibility index (Phi) is 5.41. The van der Waals surface area contributed by atoms with Crippen molar-refractivity contribution in [3.8, 4) is 5.75 Å². The van der Waals surface area contributed by atoms with E-state index in [1.165, 1.54) is 18.2 Å². The molecule has 1 aromatic rings. The normalized spacial score (nSPS) is 12.1. The molecule has 0 aliphatic carbocycles. The van der Waals surface area contributed by atoms with Gasteiger partial charge in [-0.3, -0.25) is 4.79 Å². The van der Waals surface area contributed by atoms with Crippen LogP contribution in [0.5, 0.6) is 5.75 Å². The molecule has 1 unspecified atom stereocenters. The Labute approximate surface area is 105 Å². The lowest BCUT2D eigenvalue weighted by atomic mass is 10.1. The number of phenolic OH excluding ortho intramolecular Hbond substituents is 1. The van der Waals surface area contributed by atoms with E-state index in [0.29, 0.717) is 13.0 Å². The van der Waals surface area contributed by atoms with Crippen LogP contribution in [0.25, 0.3) is 0 Å². The molecule has 1 aromatic carbocycles. The largest absolute Gasteiger partial charge is 0.508 e. The lowest BCUT2D eigenvalue weighted by Gasteiger charge is -2.16. The molecule has 0 fully saturated rings. The maximum atomic E-state index is 11.9. The summed E-state index contributed by atoms with van der Waals surface area (Å²) in [5.41, 5.74) is 6.11. The summed E-state index contributed by atoms with van der Waals surface area (Å²) in [6, 6.07) is 3.74. The van der Waals surface area contributed by atoms with Gasteiger partial charge in [-0.2, -0.15) is 0 Å². The van der Waals surface area contributed by atoms with E-state index in [0.717, 1.165) is 0 Å². The van der Waals surface area contributed by atoms with E-state index in [1.54, 1.807) is 7.11 Å². The summed E-state index contributed by atoms with van der Waals surface area (Å²) in [6.07, 6.45) is 0.497. The Morgan fingerprint density at radius 3 is 2.89 bits per heavy atom. The van der Waals surface area contributed by atoms with Gasteiger partial charge < -0.3 is 26.0 Å². The molecule has 0 aromatic heterocycles. The first kappa shape index (κ1) is 14.3. The molecule has 0 radical (unpaired) electrons. The van der Waals surface area contributed by atoms with Gasteiger partial charge >= 0.3 is 0 Å². The van der Waals surface area contributed by atoms with E-state index in [-0.39, 0.29) is 23.6 Å².